The van der Waals surface area contributed by atoms with Crippen LogP contribution in [0.5, 0.6) is 0 Å². The summed E-state index contributed by atoms with van der Waals surface area (Å²) in [5, 5.41) is 9.82. The Morgan fingerprint density at radius 2 is 2.05 bits per heavy atom. The number of nitrogens with zero attached hydrogens (tertiary/aromatic N) is 3. The van der Waals surface area contributed by atoms with Crippen molar-refractivity contribution in [2.75, 3.05) is 25.5 Å². The number of amides is 1. The first-order valence-corrected chi connectivity index (χ1v) is 8.41. The second-order valence-electron chi connectivity index (χ2n) is 4.23. The van der Waals surface area contributed by atoms with Crippen molar-refractivity contribution in [1.82, 2.24) is 14.5 Å². The van der Waals surface area contributed by atoms with Crippen LogP contribution in [0.4, 0.5) is 5.13 Å². The summed E-state index contributed by atoms with van der Waals surface area (Å²) in [4.78, 5) is 10.9. The quantitative estimate of drug-likeness (QED) is 0.523. The highest BCUT2D eigenvalue weighted by atomic mass is 32.2. The van der Waals surface area contributed by atoms with E-state index in [-0.39, 0.29) is 15.4 Å². The van der Waals surface area contributed by atoms with E-state index in [0.717, 1.165) is 30.6 Å². The predicted octanol–water partition coefficient (Wildman–Crippen LogP) is 0.246. The SMILES string of the molecule is CC(=O)Nc1nnc(S(=O)(=O)N(C)CCCCCN)s1. The first-order chi connectivity index (χ1) is 9.37. The van der Waals surface area contributed by atoms with E-state index in [0.29, 0.717) is 13.1 Å². The first-order valence-electron chi connectivity index (χ1n) is 6.15. The molecule has 0 atom stereocenters. The van der Waals surface area contributed by atoms with Crippen molar-refractivity contribution < 1.29 is 13.2 Å². The van der Waals surface area contributed by atoms with Crippen molar-refractivity contribution in [3.8, 4) is 0 Å². The molecule has 1 heterocycles. The van der Waals surface area contributed by atoms with Crippen LogP contribution in [0.1, 0.15) is 26.2 Å². The van der Waals surface area contributed by atoms with Gasteiger partial charge in [-0.05, 0) is 19.4 Å². The fraction of sp³-hybridized carbons (Fsp3) is 0.700. The van der Waals surface area contributed by atoms with Crippen molar-refractivity contribution in [2.45, 2.75) is 30.5 Å². The van der Waals surface area contributed by atoms with Crippen LogP contribution in [0.25, 0.3) is 0 Å². The minimum absolute atomic E-state index is 0.123. The summed E-state index contributed by atoms with van der Waals surface area (Å²) in [7, 11) is -2.15. The predicted molar refractivity (Wildman–Crippen MR) is 76.9 cm³/mol. The number of nitrogens with one attached hydrogen (secondary N) is 1. The lowest BCUT2D eigenvalue weighted by atomic mass is 10.2. The number of anilines is 1. The Kier molecular flexibility index (Phi) is 6.46. The van der Waals surface area contributed by atoms with Gasteiger partial charge in [0.1, 0.15) is 0 Å². The maximum Gasteiger partial charge on any atom is 0.272 e. The Balaban J connectivity index is 2.67. The number of carbonyl (C=O) groups is 1. The number of carbonyl (C=O) groups excluding carboxylic acids is 1. The van der Waals surface area contributed by atoms with Gasteiger partial charge in [0.2, 0.25) is 15.4 Å². The average molecular weight is 321 g/mol. The summed E-state index contributed by atoms with van der Waals surface area (Å²) in [6.07, 6.45) is 2.49. The zero-order valence-electron chi connectivity index (χ0n) is 11.5. The van der Waals surface area contributed by atoms with E-state index < -0.39 is 10.0 Å². The molecule has 114 valence electrons. The molecular weight excluding hydrogens is 302 g/mol. The van der Waals surface area contributed by atoms with E-state index in [1.165, 1.54) is 18.3 Å². The maximum atomic E-state index is 12.2. The number of aromatic nitrogens is 2. The first kappa shape index (κ1) is 17.0. The third kappa shape index (κ3) is 4.78. The lowest BCUT2D eigenvalue weighted by molar-refractivity contribution is -0.114. The highest BCUT2D eigenvalue weighted by molar-refractivity contribution is 7.91. The third-order valence-corrected chi connectivity index (χ3v) is 5.54. The fourth-order valence-corrected chi connectivity index (χ4v) is 3.77. The number of rotatable bonds is 8. The molecule has 1 amide bonds. The smallest absolute Gasteiger partial charge is 0.272 e. The number of sulfonamides is 1. The molecule has 0 aliphatic carbocycles. The molecule has 0 aromatic carbocycles. The number of nitrogens with two attached hydrogens (primary N) is 1. The molecule has 0 aliphatic heterocycles. The van der Waals surface area contributed by atoms with Gasteiger partial charge in [-0.1, -0.05) is 17.8 Å². The van der Waals surface area contributed by atoms with E-state index in [4.69, 9.17) is 5.73 Å². The van der Waals surface area contributed by atoms with Crippen LogP contribution >= 0.6 is 11.3 Å². The molecule has 1 aromatic heterocycles. The molecule has 8 nitrogen and oxygen atoms in total. The summed E-state index contributed by atoms with van der Waals surface area (Å²) in [6, 6.07) is 0. The minimum Gasteiger partial charge on any atom is -0.330 e. The van der Waals surface area contributed by atoms with Crippen LogP contribution in [0, 0.1) is 0 Å². The molecule has 1 aromatic rings. The van der Waals surface area contributed by atoms with Gasteiger partial charge in [0.15, 0.2) is 0 Å². The van der Waals surface area contributed by atoms with Crippen LogP contribution in [0.15, 0.2) is 4.34 Å². The lowest BCUT2D eigenvalue weighted by Crippen LogP contribution is -2.28. The van der Waals surface area contributed by atoms with E-state index in [1.54, 1.807) is 0 Å². The van der Waals surface area contributed by atoms with E-state index in [2.05, 4.69) is 15.5 Å². The van der Waals surface area contributed by atoms with Crippen LogP contribution < -0.4 is 11.1 Å². The molecule has 20 heavy (non-hydrogen) atoms. The molecule has 0 radical (unpaired) electrons. The lowest BCUT2D eigenvalue weighted by Gasteiger charge is -2.14. The highest BCUT2D eigenvalue weighted by Gasteiger charge is 2.25. The summed E-state index contributed by atoms with van der Waals surface area (Å²) in [5.74, 6) is -0.319. The van der Waals surface area contributed by atoms with Gasteiger partial charge in [-0.15, -0.1) is 10.2 Å². The number of unbranched alkanes of at least 4 members (excludes halogenated alkanes) is 2. The van der Waals surface area contributed by atoms with E-state index in [9.17, 15) is 13.2 Å². The summed E-state index contributed by atoms with van der Waals surface area (Å²) >= 11 is 0.836. The largest absolute Gasteiger partial charge is 0.330 e. The van der Waals surface area contributed by atoms with Crippen molar-refractivity contribution >= 4 is 32.4 Å². The van der Waals surface area contributed by atoms with Crippen LogP contribution in [0.2, 0.25) is 0 Å². The van der Waals surface area contributed by atoms with Crippen molar-refractivity contribution in [2.24, 2.45) is 5.73 Å². The fourth-order valence-electron chi connectivity index (χ4n) is 1.42. The Bertz CT molecular complexity index is 543. The molecule has 0 saturated heterocycles. The molecule has 0 saturated carbocycles. The molecule has 0 bridgehead atoms. The Morgan fingerprint density at radius 3 is 2.65 bits per heavy atom. The van der Waals surface area contributed by atoms with E-state index in [1.807, 2.05) is 0 Å². The molecular formula is C10H19N5O3S2. The van der Waals surface area contributed by atoms with Crippen molar-refractivity contribution in [3.63, 3.8) is 0 Å². The minimum atomic E-state index is -3.65. The van der Waals surface area contributed by atoms with Gasteiger partial charge in [-0.25, -0.2) is 8.42 Å². The van der Waals surface area contributed by atoms with Crippen molar-refractivity contribution in [1.29, 1.82) is 0 Å². The topological polar surface area (TPSA) is 118 Å². The monoisotopic (exact) mass is 321 g/mol. The second kappa shape index (κ2) is 7.62. The van der Waals surface area contributed by atoms with Gasteiger partial charge in [0.05, 0.1) is 0 Å². The zero-order valence-corrected chi connectivity index (χ0v) is 13.1. The van der Waals surface area contributed by atoms with Crippen LogP contribution in [-0.4, -0.2) is 49.0 Å². The van der Waals surface area contributed by atoms with Crippen LogP contribution in [0.3, 0.4) is 0 Å². The standard InChI is InChI=1S/C10H19N5O3S2/c1-8(16)12-9-13-14-10(19-9)20(17,18)15(2)7-5-3-4-6-11/h3-7,11H2,1-2H3,(H,12,13,16). The maximum absolute atomic E-state index is 12.2. The van der Waals surface area contributed by atoms with Gasteiger partial charge in [-0.3, -0.25) is 4.79 Å². The molecule has 10 heteroatoms. The van der Waals surface area contributed by atoms with Gasteiger partial charge >= 0.3 is 0 Å². The molecule has 0 unspecified atom stereocenters. The summed E-state index contributed by atoms with van der Waals surface area (Å²) in [5.41, 5.74) is 5.38. The molecule has 0 aliphatic rings. The normalized spacial score (nSPS) is 11.8. The number of hydrogen-bond donors (Lipinski definition) is 2. The van der Waals surface area contributed by atoms with Gasteiger partial charge in [-0.2, -0.15) is 4.31 Å². The van der Waals surface area contributed by atoms with Crippen LogP contribution in [-0.2, 0) is 14.8 Å². The van der Waals surface area contributed by atoms with Gasteiger partial charge in [0, 0.05) is 20.5 Å². The second-order valence-corrected chi connectivity index (χ2v) is 7.43. The summed E-state index contributed by atoms with van der Waals surface area (Å²) in [6.45, 7) is 2.32. The molecule has 0 spiro atoms. The molecule has 3 N–H and O–H groups in total. The Morgan fingerprint density at radius 1 is 1.35 bits per heavy atom. The van der Waals surface area contributed by atoms with Gasteiger partial charge in [0.25, 0.3) is 10.0 Å². The molecule has 1 rings (SSSR count). The van der Waals surface area contributed by atoms with Crippen molar-refractivity contribution in [3.05, 3.63) is 0 Å². The van der Waals surface area contributed by atoms with E-state index >= 15 is 0 Å². The number of hydrogen-bond acceptors (Lipinski definition) is 7. The highest BCUT2D eigenvalue weighted by Crippen LogP contribution is 2.22. The van der Waals surface area contributed by atoms with Gasteiger partial charge < -0.3 is 11.1 Å². The Hall–Kier alpha value is -1.10. The Labute approximate surface area is 122 Å². The zero-order chi connectivity index (χ0) is 15.2. The third-order valence-electron chi connectivity index (χ3n) is 2.50. The summed E-state index contributed by atoms with van der Waals surface area (Å²) < 4.78 is 25.5. The molecule has 0 fully saturated rings. The average Bonchev–Trinajstić information content (AvgIpc) is 2.82.